The SMILES string of the molecule is O=[N+]([O-])c1ccc(CCN[C@@H](Cc2ccccn2)c2ccc(Br)cc2)cc1. The summed E-state index contributed by atoms with van der Waals surface area (Å²) in [6, 6.07) is 21.1. The highest BCUT2D eigenvalue weighted by atomic mass is 79.9. The second-order valence-corrected chi connectivity index (χ2v) is 7.17. The zero-order valence-corrected chi connectivity index (χ0v) is 16.3. The van der Waals surface area contributed by atoms with E-state index in [9.17, 15) is 10.1 Å². The molecule has 0 aliphatic rings. The summed E-state index contributed by atoms with van der Waals surface area (Å²) in [4.78, 5) is 14.8. The van der Waals surface area contributed by atoms with E-state index in [-0.39, 0.29) is 16.7 Å². The van der Waals surface area contributed by atoms with Crippen LogP contribution in [0.25, 0.3) is 0 Å². The fourth-order valence-electron chi connectivity index (χ4n) is 2.91. The number of aromatic nitrogens is 1. The van der Waals surface area contributed by atoms with Crippen molar-refractivity contribution in [3.63, 3.8) is 0 Å². The van der Waals surface area contributed by atoms with E-state index in [1.165, 1.54) is 5.56 Å². The van der Waals surface area contributed by atoms with Crippen LogP contribution in [0.5, 0.6) is 0 Å². The normalized spacial score (nSPS) is 11.9. The van der Waals surface area contributed by atoms with Gasteiger partial charge in [0.15, 0.2) is 0 Å². The summed E-state index contributed by atoms with van der Waals surface area (Å²) < 4.78 is 1.05. The van der Waals surface area contributed by atoms with Crippen LogP contribution in [0.15, 0.2) is 77.4 Å². The molecule has 1 aromatic heterocycles. The van der Waals surface area contributed by atoms with Gasteiger partial charge in [-0.15, -0.1) is 0 Å². The Bertz CT molecular complexity index is 868. The van der Waals surface area contributed by atoms with E-state index >= 15 is 0 Å². The Hall–Kier alpha value is -2.57. The number of hydrogen-bond acceptors (Lipinski definition) is 4. The van der Waals surface area contributed by atoms with Crippen molar-refractivity contribution >= 4 is 21.6 Å². The molecule has 1 atom stereocenters. The van der Waals surface area contributed by atoms with Crippen molar-refractivity contribution in [2.45, 2.75) is 18.9 Å². The molecule has 0 amide bonds. The molecule has 0 bridgehead atoms. The molecule has 5 nitrogen and oxygen atoms in total. The molecule has 138 valence electrons. The van der Waals surface area contributed by atoms with Gasteiger partial charge in [0.25, 0.3) is 5.69 Å². The summed E-state index contributed by atoms with van der Waals surface area (Å²) in [5, 5.41) is 14.4. The molecule has 0 fully saturated rings. The van der Waals surface area contributed by atoms with Crippen molar-refractivity contribution in [3.05, 3.63) is 104 Å². The monoisotopic (exact) mass is 425 g/mol. The van der Waals surface area contributed by atoms with Crippen molar-refractivity contribution in [1.82, 2.24) is 10.3 Å². The minimum Gasteiger partial charge on any atom is -0.309 e. The van der Waals surface area contributed by atoms with Gasteiger partial charge in [0.2, 0.25) is 0 Å². The van der Waals surface area contributed by atoms with Crippen LogP contribution in [0.4, 0.5) is 5.69 Å². The molecule has 3 rings (SSSR count). The highest BCUT2D eigenvalue weighted by Crippen LogP contribution is 2.20. The Morgan fingerprint density at radius 1 is 1.04 bits per heavy atom. The van der Waals surface area contributed by atoms with Crippen molar-refractivity contribution in [1.29, 1.82) is 0 Å². The van der Waals surface area contributed by atoms with Crippen LogP contribution in [0, 0.1) is 10.1 Å². The first kappa shape index (κ1) is 19.2. The molecule has 0 unspecified atom stereocenters. The predicted octanol–water partition coefficient (Wildman–Crippen LogP) is 4.87. The maximum Gasteiger partial charge on any atom is 0.269 e. The zero-order valence-electron chi connectivity index (χ0n) is 14.7. The second kappa shape index (κ2) is 9.39. The van der Waals surface area contributed by atoms with Gasteiger partial charge in [0.05, 0.1) is 4.92 Å². The number of hydrogen-bond donors (Lipinski definition) is 1. The average Bonchev–Trinajstić information content (AvgIpc) is 2.69. The molecule has 2 aromatic carbocycles. The summed E-state index contributed by atoms with van der Waals surface area (Å²) in [7, 11) is 0. The summed E-state index contributed by atoms with van der Waals surface area (Å²) in [5.74, 6) is 0. The minimum absolute atomic E-state index is 0.120. The Morgan fingerprint density at radius 2 is 1.78 bits per heavy atom. The van der Waals surface area contributed by atoms with Crippen LogP contribution in [0.2, 0.25) is 0 Å². The lowest BCUT2D eigenvalue weighted by Gasteiger charge is -2.19. The van der Waals surface area contributed by atoms with Gasteiger partial charge in [0.1, 0.15) is 0 Å². The highest BCUT2D eigenvalue weighted by Gasteiger charge is 2.13. The van der Waals surface area contributed by atoms with Crippen LogP contribution >= 0.6 is 15.9 Å². The van der Waals surface area contributed by atoms with E-state index in [1.807, 2.05) is 48.7 Å². The smallest absolute Gasteiger partial charge is 0.269 e. The third-order valence-corrected chi connectivity index (χ3v) is 4.89. The van der Waals surface area contributed by atoms with Gasteiger partial charge in [-0.2, -0.15) is 0 Å². The van der Waals surface area contributed by atoms with Crippen LogP contribution in [-0.2, 0) is 12.8 Å². The fraction of sp³-hybridized carbons (Fsp3) is 0.190. The molecule has 27 heavy (non-hydrogen) atoms. The van der Waals surface area contributed by atoms with Gasteiger partial charge in [-0.1, -0.05) is 46.3 Å². The summed E-state index contributed by atoms with van der Waals surface area (Å²) in [6.07, 6.45) is 3.40. The number of benzene rings is 2. The molecule has 1 N–H and O–H groups in total. The quantitative estimate of drug-likeness (QED) is 0.412. The fourth-order valence-corrected chi connectivity index (χ4v) is 3.17. The number of pyridine rings is 1. The Balaban J connectivity index is 1.65. The Labute approximate surface area is 166 Å². The van der Waals surface area contributed by atoms with E-state index in [1.54, 1.807) is 12.1 Å². The summed E-state index contributed by atoms with van der Waals surface area (Å²) in [6.45, 7) is 0.769. The number of nitro benzene ring substituents is 1. The lowest BCUT2D eigenvalue weighted by molar-refractivity contribution is -0.384. The van der Waals surface area contributed by atoms with Gasteiger partial charge in [-0.25, -0.2) is 0 Å². The molecule has 0 aliphatic heterocycles. The van der Waals surface area contributed by atoms with E-state index in [2.05, 4.69) is 38.4 Å². The number of halogens is 1. The molecule has 1 heterocycles. The molecule has 3 aromatic rings. The van der Waals surface area contributed by atoms with Gasteiger partial charge < -0.3 is 5.32 Å². The van der Waals surface area contributed by atoms with Gasteiger partial charge in [0, 0.05) is 41.0 Å². The zero-order chi connectivity index (χ0) is 19.1. The average molecular weight is 426 g/mol. The lowest BCUT2D eigenvalue weighted by Crippen LogP contribution is -2.26. The number of nitro groups is 1. The molecule has 0 saturated heterocycles. The Morgan fingerprint density at radius 3 is 2.41 bits per heavy atom. The lowest BCUT2D eigenvalue weighted by atomic mass is 10.0. The first-order chi connectivity index (χ1) is 13.1. The topological polar surface area (TPSA) is 68.1 Å². The first-order valence-corrected chi connectivity index (χ1v) is 9.53. The highest BCUT2D eigenvalue weighted by molar-refractivity contribution is 9.10. The van der Waals surface area contributed by atoms with Crippen molar-refractivity contribution in [2.75, 3.05) is 6.54 Å². The predicted molar refractivity (Wildman–Crippen MR) is 110 cm³/mol. The molecule has 0 aliphatic carbocycles. The van der Waals surface area contributed by atoms with Gasteiger partial charge in [-0.05, 0) is 48.4 Å². The third kappa shape index (κ3) is 5.70. The van der Waals surface area contributed by atoms with Crippen LogP contribution < -0.4 is 5.32 Å². The van der Waals surface area contributed by atoms with E-state index in [0.717, 1.165) is 35.1 Å². The molecular weight excluding hydrogens is 406 g/mol. The van der Waals surface area contributed by atoms with Crippen molar-refractivity contribution < 1.29 is 4.92 Å². The number of rotatable bonds is 8. The molecule has 6 heteroatoms. The van der Waals surface area contributed by atoms with E-state index in [4.69, 9.17) is 0 Å². The first-order valence-electron chi connectivity index (χ1n) is 8.74. The van der Waals surface area contributed by atoms with Crippen LogP contribution in [0.3, 0.4) is 0 Å². The van der Waals surface area contributed by atoms with E-state index in [0.29, 0.717) is 0 Å². The standard InChI is InChI=1S/C21H20BrN3O2/c22-18-8-6-17(7-9-18)21(15-19-3-1-2-13-23-19)24-14-12-16-4-10-20(11-5-16)25(26)27/h1-11,13,21,24H,12,14-15H2/t21-/m0/s1. The van der Waals surface area contributed by atoms with E-state index < -0.39 is 0 Å². The molecule has 0 radical (unpaired) electrons. The summed E-state index contributed by atoms with van der Waals surface area (Å²) in [5.41, 5.74) is 3.43. The maximum absolute atomic E-state index is 10.8. The van der Waals surface area contributed by atoms with Crippen molar-refractivity contribution in [3.8, 4) is 0 Å². The van der Waals surface area contributed by atoms with Crippen molar-refractivity contribution in [2.24, 2.45) is 0 Å². The Kier molecular flexibility index (Phi) is 6.68. The van der Waals surface area contributed by atoms with Gasteiger partial charge >= 0.3 is 0 Å². The molecule has 0 spiro atoms. The number of non-ortho nitro benzene ring substituents is 1. The minimum atomic E-state index is -0.377. The summed E-state index contributed by atoms with van der Waals surface area (Å²) >= 11 is 3.48. The third-order valence-electron chi connectivity index (χ3n) is 4.36. The second-order valence-electron chi connectivity index (χ2n) is 6.26. The molecular formula is C21H20BrN3O2. The number of nitrogens with one attached hydrogen (secondary N) is 1. The van der Waals surface area contributed by atoms with Crippen LogP contribution in [-0.4, -0.2) is 16.5 Å². The van der Waals surface area contributed by atoms with Crippen LogP contribution in [0.1, 0.15) is 22.9 Å². The molecule has 0 saturated carbocycles. The van der Waals surface area contributed by atoms with Gasteiger partial charge in [-0.3, -0.25) is 15.1 Å². The maximum atomic E-state index is 10.8. The number of nitrogens with zero attached hydrogens (tertiary/aromatic N) is 2. The largest absolute Gasteiger partial charge is 0.309 e.